The molecule has 0 saturated heterocycles. The molecule has 3 aromatic rings. The van der Waals surface area contributed by atoms with Gasteiger partial charge in [-0.25, -0.2) is 8.42 Å². The summed E-state index contributed by atoms with van der Waals surface area (Å²) in [4.78, 5) is 12.4. The standard InChI is InChI=1S/C17H16N4O3S/c1-25(23,24)21-15-7-3-5-13(11-15)17(22)19-14-6-2-4-12(10-14)16-8-9-18-20-16/h2-11,21H,1H3,(H,18,20)(H,19,22). The van der Waals surface area contributed by atoms with Crippen molar-refractivity contribution in [1.29, 1.82) is 0 Å². The van der Waals surface area contributed by atoms with E-state index in [1.807, 2.05) is 24.3 Å². The van der Waals surface area contributed by atoms with Gasteiger partial charge in [0.25, 0.3) is 5.91 Å². The number of hydrogen-bond donors (Lipinski definition) is 3. The van der Waals surface area contributed by atoms with Gasteiger partial charge in [0.1, 0.15) is 0 Å². The molecular weight excluding hydrogens is 340 g/mol. The number of H-pyrrole nitrogens is 1. The van der Waals surface area contributed by atoms with Gasteiger partial charge in [-0.2, -0.15) is 5.10 Å². The van der Waals surface area contributed by atoms with Crippen LogP contribution in [0.1, 0.15) is 10.4 Å². The van der Waals surface area contributed by atoms with E-state index in [4.69, 9.17) is 0 Å². The Morgan fingerprint density at radius 2 is 1.80 bits per heavy atom. The minimum atomic E-state index is -3.40. The number of carbonyl (C=O) groups is 1. The molecule has 0 radical (unpaired) electrons. The van der Waals surface area contributed by atoms with Gasteiger partial charge >= 0.3 is 0 Å². The first-order valence-electron chi connectivity index (χ1n) is 7.40. The van der Waals surface area contributed by atoms with Gasteiger partial charge in [-0.05, 0) is 36.4 Å². The Labute approximate surface area is 145 Å². The van der Waals surface area contributed by atoms with Crippen LogP contribution in [0.3, 0.4) is 0 Å². The van der Waals surface area contributed by atoms with Crippen molar-refractivity contribution in [3.05, 3.63) is 66.4 Å². The largest absolute Gasteiger partial charge is 0.322 e. The van der Waals surface area contributed by atoms with Crippen molar-refractivity contribution in [2.45, 2.75) is 0 Å². The maximum Gasteiger partial charge on any atom is 0.255 e. The molecule has 8 heteroatoms. The number of nitrogens with one attached hydrogen (secondary N) is 3. The monoisotopic (exact) mass is 356 g/mol. The molecule has 1 heterocycles. The number of benzene rings is 2. The highest BCUT2D eigenvalue weighted by Crippen LogP contribution is 2.21. The van der Waals surface area contributed by atoms with E-state index in [1.54, 1.807) is 30.5 Å². The lowest BCUT2D eigenvalue weighted by molar-refractivity contribution is 0.102. The fourth-order valence-corrected chi connectivity index (χ4v) is 2.88. The first kappa shape index (κ1) is 16.7. The minimum Gasteiger partial charge on any atom is -0.322 e. The number of anilines is 2. The van der Waals surface area contributed by atoms with Crippen LogP contribution in [-0.2, 0) is 10.0 Å². The highest BCUT2D eigenvalue weighted by Gasteiger charge is 2.09. The van der Waals surface area contributed by atoms with Crippen molar-refractivity contribution in [3.8, 4) is 11.3 Å². The average molecular weight is 356 g/mol. The quantitative estimate of drug-likeness (QED) is 0.654. The Bertz CT molecular complexity index is 998. The molecule has 3 N–H and O–H groups in total. The number of sulfonamides is 1. The second kappa shape index (κ2) is 6.78. The summed E-state index contributed by atoms with van der Waals surface area (Å²) in [5.74, 6) is -0.334. The molecule has 0 aliphatic carbocycles. The Balaban J connectivity index is 1.79. The Morgan fingerprint density at radius 1 is 1.04 bits per heavy atom. The van der Waals surface area contributed by atoms with Crippen molar-refractivity contribution in [2.24, 2.45) is 0 Å². The van der Waals surface area contributed by atoms with Gasteiger partial charge < -0.3 is 5.32 Å². The predicted octanol–water partition coefficient (Wildman–Crippen LogP) is 2.70. The highest BCUT2D eigenvalue weighted by atomic mass is 32.2. The van der Waals surface area contributed by atoms with Gasteiger partial charge in [0.05, 0.1) is 11.9 Å². The van der Waals surface area contributed by atoms with Crippen LogP contribution in [0.2, 0.25) is 0 Å². The van der Waals surface area contributed by atoms with E-state index in [9.17, 15) is 13.2 Å². The van der Waals surface area contributed by atoms with E-state index in [0.717, 1.165) is 17.5 Å². The summed E-state index contributed by atoms with van der Waals surface area (Å²) < 4.78 is 25.0. The predicted molar refractivity (Wildman–Crippen MR) is 96.9 cm³/mol. The van der Waals surface area contributed by atoms with E-state index in [-0.39, 0.29) is 5.91 Å². The van der Waals surface area contributed by atoms with E-state index >= 15 is 0 Å². The van der Waals surface area contributed by atoms with Crippen LogP contribution in [0.15, 0.2) is 60.8 Å². The molecular formula is C17H16N4O3S. The van der Waals surface area contributed by atoms with Crippen LogP contribution >= 0.6 is 0 Å². The van der Waals surface area contributed by atoms with Crippen LogP contribution in [0, 0.1) is 0 Å². The van der Waals surface area contributed by atoms with Crippen LogP contribution in [-0.4, -0.2) is 30.8 Å². The molecule has 0 saturated carbocycles. The molecule has 0 atom stereocenters. The van der Waals surface area contributed by atoms with Crippen LogP contribution in [0.4, 0.5) is 11.4 Å². The van der Waals surface area contributed by atoms with Crippen molar-refractivity contribution in [3.63, 3.8) is 0 Å². The first-order chi connectivity index (χ1) is 11.9. The van der Waals surface area contributed by atoms with Crippen molar-refractivity contribution < 1.29 is 13.2 Å². The zero-order chi connectivity index (χ0) is 17.9. The first-order valence-corrected chi connectivity index (χ1v) is 9.29. The summed E-state index contributed by atoms with van der Waals surface area (Å²) in [7, 11) is -3.40. The number of nitrogens with zero attached hydrogens (tertiary/aromatic N) is 1. The number of amides is 1. The molecule has 2 aromatic carbocycles. The average Bonchev–Trinajstić information content (AvgIpc) is 3.08. The smallest absolute Gasteiger partial charge is 0.255 e. The molecule has 128 valence electrons. The topological polar surface area (TPSA) is 104 Å². The number of aromatic nitrogens is 2. The summed E-state index contributed by atoms with van der Waals surface area (Å²) in [6, 6.07) is 15.5. The van der Waals surface area contributed by atoms with Crippen LogP contribution in [0.25, 0.3) is 11.3 Å². The third-order valence-electron chi connectivity index (χ3n) is 3.36. The maximum atomic E-state index is 12.4. The van der Waals surface area contributed by atoms with Gasteiger partial charge in [0, 0.05) is 28.7 Å². The summed E-state index contributed by atoms with van der Waals surface area (Å²) in [6.45, 7) is 0. The lowest BCUT2D eigenvalue weighted by atomic mass is 10.1. The Kier molecular flexibility index (Phi) is 4.53. The number of carbonyl (C=O) groups excluding carboxylic acids is 1. The molecule has 0 bridgehead atoms. The molecule has 0 aliphatic rings. The number of hydrogen-bond acceptors (Lipinski definition) is 4. The minimum absolute atomic E-state index is 0.334. The third-order valence-corrected chi connectivity index (χ3v) is 3.97. The molecule has 1 amide bonds. The van der Waals surface area contributed by atoms with Crippen molar-refractivity contribution in [2.75, 3.05) is 16.3 Å². The van der Waals surface area contributed by atoms with Gasteiger partial charge in [0.15, 0.2) is 0 Å². The maximum absolute atomic E-state index is 12.4. The fraction of sp³-hybridized carbons (Fsp3) is 0.0588. The molecule has 3 rings (SSSR count). The summed E-state index contributed by atoms with van der Waals surface area (Å²) in [5, 5.41) is 9.57. The molecule has 1 aromatic heterocycles. The zero-order valence-corrected chi connectivity index (χ0v) is 14.2. The van der Waals surface area contributed by atoms with Crippen LogP contribution < -0.4 is 10.0 Å². The molecule has 0 fully saturated rings. The second-order valence-corrected chi connectivity index (χ2v) is 7.21. The normalized spacial score (nSPS) is 11.1. The number of rotatable bonds is 5. The van der Waals surface area contributed by atoms with E-state index < -0.39 is 10.0 Å². The molecule has 25 heavy (non-hydrogen) atoms. The van der Waals surface area contributed by atoms with Crippen LogP contribution in [0.5, 0.6) is 0 Å². The fourth-order valence-electron chi connectivity index (χ4n) is 2.32. The van der Waals surface area contributed by atoms with Crippen molar-refractivity contribution >= 4 is 27.3 Å². The Hall–Kier alpha value is -3.13. The van der Waals surface area contributed by atoms with Gasteiger partial charge in [0.2, 0.25) is 10.0 Å². The molecule has 0 spiro atoms. The lowest BCUT2D eigenvalue weighted by Gasteiger charge is -2.09. The van der Waals surface area contributed by atoms with E-state index in [1.165, 1.54) is 6.07 Å². The Morgan fingerprint density at radius 3 is 2.52 bits per heavy atom. The van der Waals surface area contributed by atoms with E-state index in [0.29, 0.717) is 16.9 Å². The summed E-state index contributed by atoms with van der Waals surface area (Å²) in [6.07, 6.45) is 2.71. The van der Waals surface area contributed by atoms with Gasteiger partial charge in [-0.3, -0.25) is 14.6 Å². The molecule has 0 unspecified atom stereocenters. The number of aromatic amines is 1. The van der Waals surface area contributed by atoms with Crippen molar-refractivity contribution in [1.82, 2.24) is 10.2 Å². The molecule has 7 nitrogen and oxygen atoms in total. The highest BCUT2D eigenvalue weighted by molar-refractivity contribution is 7.92. The summed E-state index contributed by atoms with van der Waals surface area (Å²) in [5.41, 5.74) is 3.04. The third kappa shape index (κ3) is 4.45. The molecule has 0 aliphatic heterocycles. The summed E-state index contributed by atoms with van der Waals surface area (Å²) >= 11 is 0. The SMILES string of the molecule is CS(=O)(=O)Nc1cccc(C(=O)Nc2cccc(-c3ccn[nH]3)c2)c1. The van der Waals surface area contributed by atoms with Gasteiger partial charge in [-0.15, -0.1) is 0 Å². The second-order valence-electron chi connectivity index (χ2n) is 5.46. The van der Waals surface area contributed by atoms with Gasteiger partial charge in [-0.1, -0.05) is 18.2 Å². The lowest BCUT2D eigenvalue weighted by Crippen LogP contribution is -2.14. The van der Waals surface area contributed by atoms with E-state index in [2.05, 4.69) is 20.2 Å². The zero-order valence-electron chi connectivity index (χ0n) is 13.4.